The Kier molecular flexibility index (Phi) is 4.27. The first-order valence-electron chi connectivity index (χ1n) is 7.34. The van der Waals surface area contributed by atoms with Gasteiger partial charge in [-0.15, -0.1) is 0 Å². The van der Waals surface area contributed by atoms with Crippen molar-refractivity contribution in [3.8, 4) is 0 Å². The van der Waals surface area contributed by atoms with Gasteiger partial charge >= 0.3 is 0 Å². The number of benzene rings is 1. The number of halogens is 1. The zero-order chi connectivity index (χ0) is 13.9. The van der Waals surface area contributed by atoms with E-state index in [2.05, 4.69) is 40.2 Å². The zero-order valence-electron chi connectivity index (χ0n) is 11.5. The highest BCUT2D eigenvalue weighted by molar-refractivity contribution is 9.10. The van der Waals surface area contributed by atoms with Gasteiger partial charge in [-0.25, -0.2) is 0 Å². The minimum atomic E-state index is -0.136. The van der Waals surface area contributed by atoms with Gasteiger partial charge in [-0.2, -0.15) is 0 Å². The largest absolute Gasteiger partial charge is 0.457 e. The van der Waals surface area contributed by atoms with Gasteiger partial charge in [0.2, 0.25) is 0 Å². The molecule has 0 bridgehead atoms. The van der Waals surface area contributed by atoms with E-state index in [4.69, 9.17) is 10.2 Å². The monoisotopic (exact) mass is 333 g/mol. The molecule has 0 radical (unpaired) electrons. The smallest absolute Gasteiger partial charge is 0.174 e. The summed E-state index contributed by atoms with van der Waals surface area (Å²) in [6.07, 6.45) is 8.46. The zero-order valence-corrected chi connectivity index (χ0v) is 13.1. The summed E-state index contributed by atoms with van der Waals surface area (Å²) in [6.45, 7) is 0. The van der Waals surface area contributed by atoms with E-state index in [1.165, 1.54) is 37.7 Å². The molecule has 2 nitrogen and oxygen atoms in total. The van der Waals surface area contributed by atoms with E-state index in [0.29, 0.717) is 0 Å². The fraction of sp³-hybridized carbons (Fsp3) is 0.412. The van der Waals surface area contributed by atoms with E-state index in [1.54, 1.807) is 6.26 Å². The molecule has 20 heavy (non-hydrogen) atoms. The third kappa shape index (κ3) is 2.84. The molecule has 106 valence electrons. The second-order valence-electron chi connectivity index (χ2n) is 5.63. The standard InChI is InChI=1S/C17H20BrNO/c18-17-15(10-11-20-17)16(19)14-8-6-13(7-9-14)12-4-2-1-3-5-12/h6-12,16H,1-5,19H2. The predicted octanol–water partition coefficient (Wildman–Crippen LogP) is 5.14. The third-order valence-corrected chi connectivity index (χ3v) is 5.00. The van der Waals surface area contributed by atoms with Crippen LogP contribution in [0.5, 0.6) is 0 Å². The molecule has 1 aromatic heterocycles. The highest BCUT2D eigenvalue weighted by Crippen LogP contribution is 2.34. The Balaban J connectivity index is 1.77. The van der Waals surface area contributed by atoms with Crippen molar-refractivity contribution in [1.29, 1.82) is 0 Å². The highest BCUT2D eigenvalue weighted by Gasteiger charge is 2.17. The average Bonchev–Trinajstić information content (AvgIpc) is 2.94. The van der Waals surface area contributed by atoms with Gasteiger partial charge in [0.25, 0.3) is 0 Å². The van der Waals surface area contributed by atoms with Gasteiger partial charge in [0, 0.05) is 5.56 Å². The van der Waals surface area contributed by atoms with Crippen molar-refractivity contribution in [1.82, 2.24) is 0 Å². The Bertz CT molecular complexity index is 555. The molecular formula is C17H20BrNO. The molecule has 0 saturated heterocycles. The number of furan rings is 1. The molecule has 2 aromatic rings. The van der Waals surface area contributed by atoms with Crippen molar-refractivity contribution < 1.29 is 4.42 Å². The van der Waals surface area contributed by atoms with Crippen LogP contribution in [0.1, 0.15) is 60.8 Å². The summed E-state index contributed by atoms with van der Waals surface area (Å²) in [6, 6.07) is 10.6. The number of rotatable bonds is 3. The Morgan fingerprint density at radius 1 is 1.05 bits per heavy atom. The molecule has 1 aliphatic rings. The molecule has 1 fully saturated rings. The van der Waals surface area contributed by atoms with Crippen LogP contribution in [0.15, 0.2) is 45.7 Å². The highest BCUT2D eigenvalue weighted by atomic mass is 79.9. The summed E-state index contributed by atoms with van der Waals surface area (Å²) in [4.78, 5) is 0. The van der Waals surface area contributed by atoms with Crippen LogP contribution in [-0.4, -0.2) is 0 Å². The predicted molar refractivity (Wildman–Crippen MR) is 84.7 cm³/mol. The van der Waals surface area contributed by atoms with E-state index in [9.17, 15) is 0 Å². The molecule has 0 amide bonds. The van der Waals surface area contributed by atoms with Crippen molar-refractivity contribution in [3.05, 3.63) is 58.0 Å². The lowest BCUT2D eigenvalue weighted by Gasteiger charge is -2.22. The maximum absolute atomic E-state index is 6.30. The van der Waals surface area contributed by atoms with Gasteiger partial charge in [0.1, 0.15) is 0 Å². The van der Waals surface area contributed by atoms with Crippen LogP contribution < -0.4 is 5.73 Å². The van der Waals surface area contributed by atoms with E-state index >= 15 is 0 Å². The van der Waals surface area contributed by atoms with E-state index in [-0.39, 0.29) is 6.04 Å². The molecule has 2 N–H and O–H groups in total. The maximum Gasteiger partial charge on any atom is 0.174 e. The SMILES string of the molecule is NC(c1ccc(C2CCCCC2)cc1)c1ccoc1Br. The lowest BCUT2D eigenvalue weighted by Crippen LogP contribution is -2.12. The van der Waals surface area contributed by atoms with Crippen LogP contribution in [0, 0.1) is 0 Å². The molecule has 3 rings (SSSR count). The van der Waals surface area contributed by atoms with Crippen molar-refractivity contribution in [2.45, 2.75) is 44.1 Å². The molecule has 1 aliphatic carbocycles. The first kappa shape index (κ1) is 13.9. The van der Waals surface area contributed by atoms with Crippen molar-refractivity contribution in [3.63, 3.8) is 0 Å². The van der Waals surface area contributed by atoms with Gasteiger partial charge in [0.15, 0.2) is 4.67 Å². The average molecular weight is 334 g/mol. The summed E-state index contributed by atoms with van der Waals surface area (Å²) in [5.41, 5.74) is 9.89. The Labute approximate surface area is 128 Å². The van der Waals surface area contributed by atoms with E-state index in [1.807, 2.05) is 6.07 Å². The summed E-state index contributed by atoms with van der Waals surface area (Å²) in [7, 11) is 0. The van der Waals surface area contributed by atoms with Gasteiger partial charge in [-0.05, 0) is 51.9 Å². The van der Waals surface area contributed by atoms with Gasteiger partial charge in [-0.1, -0.05) is 43.5 Å². The Morgan fingerprint density at radius 3 is 2.35 bits per heavy atom. The normalized spacial score (nSPS) is 18.1. The van der Waals surface area contributed by atoms with Crippen LogP contribution in [-0.2, 0) is 0 Å². The maximum atomic E-state index is 6.30. The number of nitrogens with two attached hydrogens (primary N) is 1. The number of hydrogen-bond acceptors (Lipinski definition) is 2. The Morgan fingerprint density at radius 2 is 1.75 bits per heavy atom. The fourth-order valence-corrected chi connectivity index (χ4v) is 3.60. The quantitative estimate of drug-likeness (QED) is 0.844. The minimum absolute atomic E-state index is 0.136. The molecular weight excluding hydrogens is 314 g/mol. The van der Waals surface area contributed by atoms with Crippen LogP contribution in [0.3, 0.4) is 0 Å². The summed E-state index contributed by atoms with van der Waals surface area (Å²) < 4.78 is 5.99. The second kappa shape index (κ2) is 6.15. The van der Waals surface area contributed by atoms with Crippen molar-refractivity contribution in [2.75, 3.05) is 0 Å². The lowest BCUT2D eigenvalue weighted by molar-refractivity contribution is 0.443. The topological polar surface area (TPSA) is 39.2 Å². The summed E-state index contributed by atoms with van der Waals surface area (Å²) in [5, 5.41) is 0. The molecule has 1 heterocycles. The van der Waals surface area contributed by atoms with Gasteiger partial charge < -0.3 is 10.2 Å². The molecule has 0 spiro atoms. The van der Waals surface area contributed by atoms with Crippen LogP contribution in [0.2, 0.25) is 0 Å². The summed E-state index contributed by atoms with van der Waals surface area (Å²) >= 11 is 3.39. The van der Waals surface area contributed by atoms with Crippen LogP contribution >= 0.6 is 15.9 Å². The molecule has 0 aliphatic heterocycles. The Hall–Kier alpha value is -1.06. The molecule has 1 saturated carbocycles. The van der Waals surface area contributed by atoms with Crippen molar-refractivity contribution >= 4 is 15.9 Å². The molecule has 1 atom stereocenters. The number of hydrogen-bond donors (Lipinski definition) is 1. The van der Waals surface area contributed by atoms with Crippen LogP contribution in [0.4, 0.5) is 0 Å². The fourth-order valence-electron chi connectivity index (χ4n) is 3.12. The lowest BCUT2D eigenvalue weighted by atomic mass is 9.83. The first-order valence-corrected chi connectivity index (χ1v) is 8.13. The van der Waals surface area contributed by atoms with E-state index in [0.717, 1.165) is 21.7 Å². The molecule has 1 unspecified atom stereocenters. The van der Waals surface area contributed by atoms with Gasteiger partial charge in [0.05, 0.1) is 12.3 Å². The van der Waals surface area contributed by atoms with Crippen molar-refractivity contribution in [2.24, 2.45) is 5.73 Å². The second-order valence-corrected chi connectivity index (χ2v) is 6.35. The molecule has 3 heteroatoms. The third-order valence-electron chi connectivity index (χ3n) is 4.35. The van der Waals surface area contributed by atoms with E-state index < -0.39 is 0 Å². The first-order chi connectivity index (χ1) is 9.75. The molecule has 1 aromatic carbocycles. The van der Waals surface area contributed by atoms with Gasteiger partial charge in [-0.3, -0.25) is 0 Å². The minimum Gasteiger partial charge on any atom is -0.457 e. The van der Waals surface area contributed by atoms with Crippen LogP contribution in [0.25, 0.3) is 0 Å². The summed E-state index contributed by atoms with van der Waals surface area (Å²) in [5.74, 6) is 0.745.